The molecule has 40 heavy (non-hydrogen) atoms. The maximum absolute atomic E-state index is 14.0. The van der Waals surface area contributed by atoms with Crippen LogP contribution in [0.2, 0.25) is 0 Å². The van der Waals surface area contributed by atoms with Gasteiger partial charge < -0.3 is 14.8 Å². The van der Waals surface area contributed by atoms with E-state index in [1.165, 1.54) is 19.3 Å². The van der Waals surface area contributed by atoms with E-state index in [-0.39, 0.29) is 22.9 Å². The first-order valence-corrected chi connectivity index (χ1v) is 13.0. The van der Waals surface area contributed by atoms with Crippen LogP contribution in [0, 0.1) is 5.82 Å². The van der Waals surface area contributed by atoms with Crippen LogP contribution < -0.4 is 14.8 Å². The third kappa shape index (κ3) is 6.83. The van der Waals surface area contributed by atoms with Gasteiger partial charge in [0, 0.05) is 15.6 Å². The number of ether oxygens (including phenoxy) is 2. The van der Waals surface area contributed by atoms with Crippen LogP contribution >= 0.6 is 27.7 Å². The minimum atomic E-state index is -4.66. The summed E-state index contributed by atoms with van der Waals surface area (Å²) < 4.78 is 64.7. The summed E-state index contributed by atoms with van der Waals surface area (Å²) in [6.45, 7) is -0.827. The number of thioether (sulfide) groups is 1. The lowest BCUT2D eigenvalue weighted by atomic mass is 10.1. The Bertz CT molecular complexity index is 1510. The third-order valence-corrected chi connectivity index (χ3v) is 6.98. The molecular weight excluding hydrogens is 620 g/mol. The summed E-state index contributed by atoms with van der Waals surface area (Å²) in [5, 5.41) is 1.52. The first-order chi connectivity index (χ1) is 19.0. The van der Waals surface area contributed by atoms with Crippen LogP contribution in [-0.2, 0) is 22.4 Å². The summed E-state index contributed by atoms with van der Waals surface area (Å²) in [6, 6.07) is 13.6. The number of carbonyl (C=O) groups excluding carboxylic acids is 3. The SMILES string of the molecule is COc1ccc(C(F)(F)F)cc1NC(=O)CN1C(=O)S/C(=C\c2cc(Br)ccc2OCc2ccccc2F)C1=O. The molecule has 1 N–H and O–H groups in total. The van der Waals surface area contributed by atoms with Gasteiger partial charge in [0.2, 0.25) is 5.91 Å². The quantitative estimate of drug-likeness (QED) is 0.214. The summed E-state index contributed by atoms with van der Waals surface area (Å²) in [7, 11) is 1.22. The van der Waals surface area contributed by atoms with Crippen LogP contribution in [-0.4, -0.2) is 35.6 Å². The third-order valence-electron chi connectivity index (χ3n) is 5.58. The van der Waals surface area contributed by atoms with Gasteiger partial charge in [-0.25, -0.2) is 4.39 Å². The van der Waals surface area contributed by atoms with Crippen molar-refractivity contribution in [3.8, 4) is 11.5 Å². The molecule has 1 saturated heterocycles. The van der Waals surface area contributed by atoms with Gasteiger partial charge in [0.1, 0.15) is 30.5 Å². The second kappa shape index (κ2) is 12.1. The van der Waals surface area contributed by atoms with Gasteiger partial charge in [-0.15, -0.1) is 0 Å². The highest BCUT2D eigenvalue weighted by Crippen LogP contribution is 2.37. The predicted octanol–water partition coefficient (Wildman–Crippen LogP) is 6.87. The van der Waals surface area contributed by atoms with Crippen molar-refractivity contribution < 1.29 is 41.4 Å². The molecule has 0 saturated carbocycles. The Kier molecular flexibility index (Phi) is 8.84. The fourth-order valence-corrected chi connectivity index (χ4v) is 4.84. The van der Waals surface area contributed by atoms with E-state index in [4.69, 9.17) is 9.47 Å². The molecule has 1 aliphatic heterocycles. The molecule has 7 nitrogen and oxygen atoms in total. The number of carbonyl (C=O) groups is 3. The number of imide groups is 1. The summed E-state index contributed by atoms with van der Waals surface area (Å²) in [6.07, 6.45) is -3.26. The van der Waals surface area contributed by atoms with E-state index in [2.05, 4.69) is 21.2 Å². The highest BCUT2D eigenvalue weighted by atomic mass is 79.9. The fourth-order valence-electron chi connectivity index (χ4n) is 3.63. The molecule has 208 valence electrons. The van der Waals surface area contributed by atoms with Gasteiger partial charge in [-0.3, -0.25) is 19.3 Å². The number of amides is 3. The van der Waals surface area contributed by atoms with Crippen LogP contribution in [0.3, 0.4) is 0 Å². The zero-order valence-corrected chi connectivity index (χ0v) is 23.0. The molecule has 0 spiro atoms. The first-order valence-electron chi connectivity index (χ1n) is 11.4. The maximum atomic E-state index is 14.0. The van der Waals surface area contributed by atoms with E-state index < -0.39 is 41.2 Å². The molecule has 0 aromatic heterocycles. The van der Waals surface area contributed by atoms with Crippen molar-refractivity contribution in [3.05, 3.63) is 92.5 Å². The minimum Gasteiger partial charge on any atom is -0.495 e. The molecule has 3 amide bonds. The molecule has 0 radical (unpaired) electrons. The van der Waals surface area contributed by atoms with Crippen molar-refractivity contribution in [1.82, 2.24) is 4.90 Å². The molecule has 3 aromatic carbocycles. The Morgan fingerprint density at radius 1 is 1.07 bits per heavy atom. The van der Waals surface area contributed by atoms with Crippen LogP contribution in [0.1, 0.15) is 16.7 Å². The van der Waals surface area contributed by atoms with Gasteiger partial charge in [0.25, 0.3) is 11.1 Å². The van der Waals surface area contributed by atoms with Crippen LogP contribution in [0.15, 0.2) is 70.0 Å². The highest BCUT2D eigenvalue weighted by Gasteiger charge is 2.37. The number of hydrogen-bond donors (Lipinski definition) is 1. The highest BCUT2D eigenvalue weighted by molar-refractivity contribution is 9.10. The maximum Gasteiger partial charge on any atom is 0.416 e. The summed E-state index contributed by atoms with van der Waals surface area (Å²) >= 11 is 3.92. The number of benzene rings is 3. The Labute approximate surface area is 238 Å². The average Bonchev–Trinajstić information content (AvgIpc) is 3.15. The average molecular weight is 639 g/mol. The molecule has 0 bridgehead atoms. The number of halogens is 5. The van der Waals surface area contributed by atoms with Crippen molar-refractivity contribution in [2.45, 2.75) is 12.8 Å². The second-order valence-electron chi connectivity index (χ2n) is 8.29. The zero-order chi connectivity index (χ0) is 29.0. The monoisotopic (exact) mass is 638 g/mol. The lowest BCUT2D eigenvalue weighted by Crippen LogP contribution is -2.36. The van der Waals surface area contributed by atoms with E-state index in [1.807, 2.05) is 0 Å². The molecule has 1 aliphatic rings. The number of methoxy groups -OCH3 is 1. The number of rotatable bonds is 8. The number of alkyl halides is 3. The summed E-state index contributed by atoms with van der Waals surface area (Å²) in [5.74, 6) is -1.84. The molecule has 13 heteroatoms. The summed E-state index contributed by atoms with van der Waals surface area (Å²) in [5.41, 5.74) is -0.551. The van der Waals surface area contributed by atoms with Gasteiger partial charge in [0.15, 0.2) is 0 Å². The Morgan fingerprint density at radius 2 is 1.80 bits per heavy atom. The largest absolute Gasteiger partial charge is 0.495 e. The first kappa shape index (κ1) is 29.2. The number of hydrogen-bond acceptors (Lipinski definition) is 6. The molecule has 0 unspecified atom stereocenters. The van der Waals surface area contributed by atoms with Gasteiger partial charge >= 0.3 is 6.18 Å². The Morgan fingerprint density at radius 3 is 2.50 bits per heavy atom. The second-order valence-corrected chi connectivity index (χ2v) is 10.2. The number of nitrogens with zero attached hydrogens (tertiary/aromatic N) is 1. The van der Waals surface area contributed by atoms with Crippen molar-refractivity contribution in [1.29, 1.82) is 0 Å². The van der Waals surface area contributed by atoms with E-state index in [0.29, 0.717) is 44.1 Å². The van der Waals surface area contributed by atoms with Crippen molar-refractivity contribution in [3.63, 3.8) is 0 Å². The Balaban J connectivity index is 1.50. The normalized spacial score (nSPS) is 14.6. The van der Waals surface area contributed by atoms with Crippen molar-refractivity contribution in [2.24, 2.45) is 0 Å². The van der Waals surface area contributed by atoms with E-state index in [0.717, 1.165) is 12.1 Å². The number of anilines is 1. The molecule has 0 aliphatic carbocycles. The van der Waals surface area contributed by atoms with E-state index >= 15 is 0 Å². The van der Waals surface area contributed by atoms with Gasteiger partial charge in [0.05, 0.1) is 23.3 Å². The molecule has 0 atom stereocenters. The smallest absolute Gasteiger partial charge is 0.416 e. The lowest BCUT2D eigenvalue weighted by molar-refractivity contribution is -0.137. The molecular formula is C27H19BrF4N2O5S. The molecule has 3 aromatic rings. The van der Waals surface area contributed by atoms with Crippen LogP contribution in [0.5, 0.6) is 11.5 Å². The Hall–Kier alpha value is -3.84. The van der Waals surface area contributed by atoms with Crippen LogP contribution in [0.25, 0.3) is 6.08 Å². The predicted molar refractivity (Wildman–Crippen MR) is 144 cm³/mol. The van der Waals surface area contributed by atoms with E-state index in [1.54, 1.807) is 36.4 Å². The van der Waals surface area contributed by atoms with E-state index in [9.17, 15) is 31.9 Å². The molecule has 4 rings (SSSR count). The van der Waals surface area contributed by atoms with Crippen molar-refractivity contribution >= 4 is 56.5 Å². The van der Waals surface area contributed by atoms with Gasteiger partial charge in [-0.1, -0.05) is 34.1 Å². The van der Waals surface area contributed by atoms with Gasteiger partial charge in [-0.05, 0) is 60.3 Å². The van der Waals surface area contributed by atoms with Crippen molar-refractivity contribution in [2.75, 3.05) is 19.0 Å². The topological polar surface area (TPSA) is 84.9 Å². The standard InChI is InChI=1S/C27H19BrF4N2O5S/c1-38-22-8-6-17(27(30,31)32)12-20(22)33-24(35)13-34-25(36)23(40-26(34)37)11-16-10-18(28)7-9-21(16)39-14-15-4-2-3-5-19(15)29/h2-12H,13-14H2,1H3,(H,33,35)/b23-11-. The molecule has 1 heterocycles. The number of nitrogens with one attached hydrogen (secondary N) is 1. The fraction of sp³-hybridized carbons (Fsp3) is 0.148. The minimum absolute atomic E-state index is 0.0108. The van der Waals surface area contributed by atoms with Crippen LogP contribution in [0.4, 0.5) is 28.0 Å². The molecule has 1 fully saturated rings. The zero-order valence-electron chi connectivity index (χ0n) is 20.6. The lowest BCUT2D eigenvalue weighted by Gasteiger charge is -2.16. The van der Waals surface area contributed by atoms with Gasteiger partial charge in [-0.2, -0.15) is 13.2 Å². The summed E-state index contributed by atoms with van der Waals surface area (Å²) in [4.78, 5) is 38.9.